The average Bonchev–Trinajstić information content (AvgIpc) is 3.02. The molecule has 8 N–H and O–H groups in total. The van der Waals surface area contributed by atoms with Gasteiger partial charge in [-0.1, -0.05) is 103 Å². The molecule has 1 aliphatic rings. The number of carbonyl (C=O) groups is 1. The Hall–Kier alpha value is -1.15. The van der Waals surface area contributed by atoms with Crippen LogP contribution in [0.15, 0.2) is 12.2 Å². The summed E-state index contributed by atoms with van der Waals surface area (Å²) >= 11 is 0. The van der Waals surface area contributed by atoms with Crippen LogP contribution in [0.2, 0.25) is 0 Å². The maximum absolute atomic E-state index is 12.8. The highest BCUT2D eigenvalue weighted by molar-refractivity contribution is 5.80. The molecule has 1 amide bonds. The molecule has 0 saturated carbocycles. The van der Waals surface area contributed by atoms with Crippen LogP contribution in [0.3, 0.4) is 0 Å². The van der Waals surface area contributed by atoms with Gasteiger partial charge >= 0.3 is 0 Å². The number of ether oxygens (including phenoxy) is 2. The first-order valence-electron chi connectivity index (χ1n) is 17.1. The van der Waals surface area contributed by atoms with Crippen molar-refractivity contribution < 1.29 is 50.0 Å². The fourth-order valence-corrected chi connectivity index (χ4v) is 5.32. The van der Waals surface area contributed by atoms with E-state index in [2.05, 4.69) is 19.2 Å². The molecule has 44 heavy (non-hydrogen) atoms. The number of hydrogen-bond donors (Lipinski definition) is 8. The highest BCUT2D eigenvalue weighted by Crippen LogP contribution is 2.23. The third-order valence-corrected chi connectivity index (χ3v) is 8.33. The summed E-state index contributed by atoms with van der Waals surface area (Å²) in [6, 6.07) is -1.17. The van der Waals surface area contributed by atoms with E-state index in [4.69, 9.17) is 9.47 Å². The molecule has 9 atom stereocenters. The molecule has 0 aliphatic carbocycles. The number of allylic oxidation sites excluding steroid dienone is 2. The van der Waals surface area contributed by atoms with Crippen molar-refractivity contribution >= 4 is 5.91 Å². The van der Waals surface area contributed by atoms with Crippen LogP contribution in [0.1, 0.15) is 123 Å². The molecular weight excluding hydrogens is 570 g/mol. The molecule has 0 aromatic carbocycles. The second kappa shape index (κ2) is 25.0. The Labute approximate surface area is 264 Å². The Balaban J connectivity index is 2.69. The first-order valence-corrected chi connectivity index (χ1v) is 17.1. The van der Waals surface area contributed by atoms with Gasteiger partial charge in [-0.15, -0.1) is 0 Å². The van der Waals surface area contributed by atoms with Crippen LogP contribution in [0.25, 0.3) is 0 Å². The second-order valence-corrected chi connectivity index (χ2v) is 12.2. The topological polar surface area (TPSA) is 189 Å². The first-order chi connectivity index (χ1) is 21.2. The van der Waals surface area contributed by atoms with E-state index in [0.29, 0.717) is 19.3 Å². The van der Waals surface area contributed by atoms with Crippen LogP contribution in [-0.2, 0) is 14.3 Å². The zero-order valence-corrected chi connectivity index (χ0v) is 27.1. The van der Waals surface area contributed by atoms with Gasteiger partial charge in [0.25, 0.3) is 0 Å². The smallest absolute Gasteiger partial charge is 0.249 e. The molecule has 1 fully saturated rings. The molecule has 0 spiro atoms. The van der Waals surface area contributed by atoms with E-state index in [9.17, 15) is 40.5 Å². The first kappa shape index (κ1) is 40.9. The van der Waals surface area contributed by atoms with Crippen molar-refractivity contribution in [2.45, 2.75) is 178 Å². The molecule has 11 nitrogen and oxygen atoms in total. The number of carbonyl (C=O) groups excluding carboxylic acids is 1. The number of nitrogens with one attached hydrogen (secondary N) is 1. The molecule has 9 unspecified atom stereocenters. The molecule has 0 aromatic rings. The van der Waals surface area contributed by atoms with E-state index in [0.717, 1.165) is 32.1 Å². The minimum atomic E-state index is -1.66. The van der Waals surface area contributed by atoms with Gasteiger partial charge in [0, 0.05) is 0 Å². The van der Waals surface area contributed by atoms with Crippen molar-refractivity contribution in [1.29, 1.82) is 0 Å². The van der Waals surface area contributed by atoms with Crippen LogP contribution in [0.4, 0.5) is 0 Å². The van der Waals surface area contributed by atoms with Crippen molar-refractivity contribution in [2.24, 2.45) is 0 Å². The van der Waals surface area contributed by atoms with Crippen LogP contribution >= 0.6 is 0 Å². The standard InChI is InChI=1S/C33H63NO10/c1-3-5-7-9-11-13-15-16-18-20-25(36)28(38)24(23-43-33-31(41)30(40)29(39)27(22-35)44-33)34-32(42)26(37)21-19-17-14-12-10-8-6-4-2/h14,17,24-31,33,35-41H,3-13,15-16,18-23H2,1-2H3,(H,34,42)/b17-14-. The predicted molar refractivity (Wildman–Crippen MR) is 169 cm³/mol. The van der Waals surface area contributed by atoms with E-state index in [1.165, 1.54) is 51.4 Å². The van der Waals surface area contributed by atoms with E-state index in [1.54, 1.807) is 0 Å². The van der Waals surface area contributed by atoms with Crippen molar-refractivity contribution in [3.8, 4) is 0 Å². The number of aliphatic hydroxyl groups excluding tert-OH is 7. The quantitative estimate of drug-likeness (QED) is 0.0519. The van der Waals surface area contributed by atoms with E-state index in [1.807, 2.05) is 12.2 Å². The Morgan fingerprint density at radius 3 is 1.95 bits per heavy atom. The Morgan fingerprint density at radius 2 is 1.34 bits per heavy atom. The Kier molecular flexibility index (Phi) is 23.2. The third-order valence-electron chi connectivity index (χ3n) is 8.33. The monoisotopic (exact) mass is 633 g/mol. The normalized spacial score (nSPS) is 25.2. The lowest BCUT2D eigenvalue weighted by Crippen LogP contribution is -2.60. The number of aliphatic hydroxyl groups is 7. The van der Waals surface area contributed by atoms with Crippen molar-refractivity contribution in [3.05, 3.63) is 12.2 Å². The minimum absolute atomic E-state index is 0.175. The van der Waals surface area contributed by atoms with Crippen LogP contribution in [-0.4, -0.2) is 110 Å². The molecule has 1 aliphatic heterocycles. The molecule has 11 heteroatoms. The Morgan fingerprint density at radius 1 is 0.773 bits per heavy atom. The number of unbranched alkanes of at least 4 members (excludes halogenated alkanes) is 12. The largest absolute Gasteiger partial charge is 0.394 e. The SMILES string of the molecule is CCCCCC/C=C\CCC(O)C(=O)NC(COC1OC(CO)C(O)C(O)C1O)C(O)C(O)CCCCCCCCCCC. The summed E-state index contributed by atoms with van der Waals surface area (Å²) in [6.45, 7) is 3.28. The Bertz CT molecular complexity index is 739. The van der Waals surface area contributed by atoms with Gasteiger partial charge in [-0.05, 0) is 32.1 Å². The van der Waals surface area contributed by atoms with Crippen LogP contribution < -0.4 is 5.32 Å². The van der Waals surface area contributed by atoms with Crippen molar-refractivity contribution in [1.82, 2.24) is 5.32 Å². The molecular formula is C33H63NO10. The van der Waals surface area contributed by atoms with Crippen LogP contribution in [0.5, 0.6) is 0 Å². The summed E-state index contributed by atoms with van der Waals surface area (Å²) < 4.78 is 10.9. The lowest BCUT2D eigenvalue weighted by molar-refractivity contribution is -0.303. The summed E-state index contributed by atoms with van der Waals surface area (Å²) in [5.74, 6) is -0.738. The highest BCUT2D eigenvalue weighted by atomic mass is 16.7. The van der Waals surface area contributed by atoms with Crippen molar-refractivity contribution in [2.75, 3.05) is 13.2 Å². The van der Waals surface area contributed by atoms with E-state index >= 15 is 0 Å². The molecule has 1 heterocycles. The summed E-state index contributed by atoms with van der Waals surface area (Å²) in [4.78, 5) is 12.8. The summed E-state index contributed by atoms with van der Waals surface area (Å²) in [5.41, 5.74) is 0. The molecule has 1 saturated heterocycles. The van der Waals surface area contributed by atoms with E-state index in [-0.39, 0.29) is 6.42 Å². The lowest BCUT2D eigenvalue weighted by atomic mass is 9.98. The maximum Gasteiger partial charge on any atom is 0.249 e. The zero-order chi connectivity index (χ0) is 32.7. The lowest BCUT2D eigenvalue weighted by Gasteiger charge is -2.40. The second-order valence-electron chi connectivity index (χ2n) is 12.2. The number of hydrogen-bond acceptors (Lipinski definition) is 10. The van der Waals surface area contributed by atoms with Gasteiger partial charge in [0.05, 0.1) is 25.4 Å². The fourth-order valence-electron chi connectivity index (χ4n) is 5.32. The van der Waals surface area contributed by atoms with E-state index < -0.39 is 74.2 Å². The average molecular weight is 634 g/mol. The summed E-state index contributed by atoms with van der Waals surface area (Å²) in [6.07, 6.45) is 8.93. The van der Waals surface area contributed by atoms with Crippen molar-refractivity contribution in [3.63, 3.8) is 0 Å². The van der Waals surface area contributed by atoms with Gasteiger partial charge in [0.15, 0.2) is 6.29 Å². The zero-order valence-electron chi connectivity index (χ0n) is 27.1. The van der Waals surface area contributed by atoms with Gasteiger partial charge < -0.3 is 50.5 Å². The summed E-state index contributed by atoms with van der Waals surface area (Å²) in [7, 11) is 0. The molecule has 260 valence electrons. The predicted octanol–water partition coefficient (Wildman–Crippen LogP) is 2.60. The van der Waals surface area contributed by atoms with Crippen LogP contribution in [0, 0.1) is 0 Å². The number of amides is 1. The van der Waals surface area contributed by atoms with Gasteiger partial charge in [-0.25, -0.2) is 0 Å². The van der Waals surface area contributed by atoms with Gasteiger partial charge in [0.1, 0.15) is 36.6 Å². The van der Waals surface area contributed by atoms with Gasteiger partial charge in [-0.3, -0.25) is 4.79 Å². The van der Waals surface area contributed by atoms with Gasteiger partial charge in [0.2, 0.25) is 5.91 Å². The summed E-state index contributed by atoms with van der Waals surface area (Å²) in [5, 5.41) is 74.6. The fraction of sp³-hybridized carbons (Fsp3) is 0.909. The van der Waals surface area contributed by atoms with Gasteiger partial charge in [-0.2, -0.15) is 0 Å². The maximum atomic E-state index is 12.8. The molecule has 1 rings (SSSR count). The molecule has 0 bridgehead atoms. The number of rotatable bonds is 26. The molecule has 0 aromatic heterocycles. The third kappa shape index (κ3) is 16.4. The minimum Gasteiger partial charge on any atom is -0.394 e. The molecule has 0 radical (unpaired) electrons. The highest BCUT2D eigenvalue weighted by Gasteiger charge is 2.44.